The van der Waals surface area contributed by atoms with Crippen molar-refractivity contribution >= 4 is 33.3 Å². The summed E-state index contributed by atoms with van der Waals surface area (Å²) in [6, 6.07) is 26.8. The first-order chi connectivity index (χ1) is 18.7. The Hall–Kier alpha value is -4.63. The van der Waals surface area contributed by atoms with Crippen molar-refractivity contribution in [3.63, 3.8) is 0 Å². The summed E-state index contributed by atoms with van der Waals surface area (Å²) in [5, 5.41) is 2.73. The highest BCUT2D eigenvalue weighted by molar-refractivity contribution is 7.92. The second kappa shape index (κ2) is 11.8. The molecule has 0 aliphatic heterocycles. The molecule has 0 unspecified atom stereocenters. The number of aryl methyl sites for hydroxylation is 2. The average Bonchev–Trinajstić information content (AvgIpc) is 2.94. The van der Waals surface area contributed by atoms with E-state index in [1.54, 1.807) is 55.5 Å². The number of carbonyl (C=O) groups is 2. The number of methoxy groups -OCH3 is 1. The summed E-state index contributed by atoms with van der Waals surface area (Å²) in [5.74, 6) is 0.0166. The van der Waals surface area contributed by atoms with E-state index in [0.29, 0.717) is 22.7 Å². The highest BCUT2D eigenvalue weighted by Gasteiger charge is 2.27. The smallest absolute Gasteiger partial charge is 0.337 e. The molecule has 200 valence electrons. The van der Waals surface area contributed by atoms with Gasteiger partial charge in [0.05, 0.1) is 23.3 Å². The highest BCUT2D eigenvalue weighted by Crippen LogP contribution is 2.28. The first-order valence-corrected chi connectivity index (χ1v) is 13.5. The maximum absolute atomic E-state index is 13.7. The van der Waals surface area contributed by atoms with Crippen molar-refractivity contribution in [2.45, 2.75) is 18.7 Å². The van der Waals surface area contributed by atoms with Gasteiger partial charge in [-0.1, -0.05) is 42.0 Å². The van der Waals surface area contributed by atoms with Crippen LogP contribution in [0.5, 0.6) is 11.5 Å². The molecular formula is C30H28N2O6S. The van der Waals surface area contributed by atoms with Crippen LogP contribution in [0.4, 0.5) is 11.4 Å². The molecule has 39 heavy (non-hydrogen) atoms. The molecule has 0 fully saturated rings. The molecule has 4 aromatic carbocycles. The maximum atomic E-state index is 13.7. The molecule has 1 amide bonds. The third kappa shape index (κ3) is 6.63. The predicted molar refractivity (Wildman–Crippen MR) is 150 cm³/mol. The third-order valence-electron chi connectivity index (χ3n) is 5.93. The monoisotopic (exact) mass is 544 g/mol. The Kier molecular flexibility index (Phi) is 8.31. The number of sulfonamides is 1. The molecule has 4 aromatic rings. The van der Waals surface area contributed by atoms with E-state index >= 15 is 0 Å². The maximum Gasteiger partial charge on any atom is 0.337 e. The number of para-hydroxylation sites is 1. The zero-order valence-corrected chi connectivity index (χ0v) is 22.6. The van der Waals surface area contributed by atoms with Gasteiger partial charge in [-0.2, -0.15) is 0 Å². The van der Waals surface area contributed by atoms with E-state index in [-0.39, 0.29) is 16.1 Å². The number of hydrogen-bond donors (Lipinski definition) is 1. The lowest BCUT2D eigenvalue weighted by Crippen LogP contribution is -2.38. The SMILES string of the molecule is COC(=O)c1ccc(C)c(NC(=O)CN(c2ccc(Oc3ccccc3)cc2)S(=O)(=O)c2ccc(C)cc2)c1. The molecule has 0 atom stereocenters. The summed E-state index contributed by atoms with van der Waals surface area (Å²) < 4.78 is 39.0. The standard InChI is InChI=1S/C30H28N2O6S/c1-21-9-17-27(18-10-21)39(35,36)32(24-13-15-26(16-14-24)38-25-7-5-4-6-8-25)20-29(33)31-28-19-23(30(34)37-3)12-11-22(28)2/h4-19H,20H2,1-3H3,(H,31,33). The van der Waals surface area contributed by atoms with Gasteiger partial charge >= 0.3 is 5.97 Å². The van der Waals surface area contributed by atoms with Crippen molar-refractivity contribution in [1.29, 1.82) is 0 Å². The van der Waals surface area contributed by atoms with E-state index in [0.717, 1.165) is 9.87 Å². The first kappa shape index (κ1) is 27.4. The minimum Gasteiger partial charge on any atom is -0.465 e. The van der Waals surface area contributed by atoms with E-state index in [2.05, 4.69) is 5.32 Å². The fraction of sp³-hybridized carbons (Fsp3) is 0.133. The quantitative estimate of drug-likeness (QED) is 0.271. The fourth-order valence-electron chi connectivity index (χ4n) is 3.78. The van der Waals surface area contributed by atoms with Crippen LogP contribution >= 0.6 is 0 Å². The molecule has 0 aromatic heterocycles. The van der Waals surface area contributed by atoms with Crippen molar-refractivity contribution in [3.8, 4) is 11.5 Å². The second-order valence-electron chi connectivity index (χ2n) is 8.80. The topological polar surface area (TPSA) is 102 Å². The van der Waals surface area contributed by atoms with Crippen LogP contribution in [0.3, 0.4) is 0 Å². The molecule has 1 N–H and O–H groups in total. The molecule has 0 radical (unpaired) electrons. The van der Waals surface area contributed by atoms with Gasteiger partial charge in [0, 0.05) is 5.69 Å². The van der Waals surface area contributed by atoms with E-state index in [9.17, 15) is 18.0 Å². The van der Waals surface area contributed by atoms with Crippen molar-refractivity contribution < 1.29 is 27.5 Å². The average molecular weight is 545 g/mol. The van der Waals surface area contributed by atoms with Crippen LogP contribution in [0.2, 0.25) is 0 Å². The summed E-state index contributed by atoms with van der Waals surface area (Å²) >= 11 is 0. The Balaban J connectivity index is 1.64. The Bertz CT molecular complexity index is 1570. The molecular weight excluding hydrogens is 516 g/mol. The lowest BCUT2D eigenvalue weighted by atomic mass is 10.1. The molecule has 9 heteroatoms. The third-order valence-corrected chi connectivity index (χ3v) is 7.72. The van der Waals surface area contributed by atoms with Gasteiger partial charge in [0.2, 0.25) is 5.91 Å². The molecule has 8 nitrogen and oxygen atoms in total. The molecule has 0 bridgehead atoms. The minimum absolute atomic E-state index is 0.0504. The lowest BCUT2D eigenvalue weighted by Gasteiger charge is -2.24. The van der Waals surface area contributed by atoms with Crippen LogP contribution in [-0.4, -0.2) is 33.9 Å². The number of amides is 1. The van der Waals surface area contributed by atoms with Crippen LogP contribution in [0.1, 0.15) is 21.5 Å². The van der Waals surface area contributed by atoms with Gasteiger partial charge < -0.3 is 14.8 Å². The number of nitrogens with zero attached hydrogens (tertiary/aromatic N) is 1. The van der Waals surface area contributed by atoms with Crippen molar-refractivity contribution in [1.82, 2.24) is 0 Å². The van der Waals surface area contributed by atoms with Crippen LogP contribution in [-0.2, 0) is 19.6 Å². The predicted octanol–water partition coefficient (Wildman–Crippen LogP) is 5.72. The van der Waals surface area contributed by atoms with Crippen molar-refractivity contribution in [2.24, 2.45) is 0 Å². The minimum atomic E-state index is -4.11. The summed E-state index contributed by atoms with van der Waals surface area (Å²) in [7, 11) is -2.84. The number of hydrogen-bond acceptors (Lipinski definition) is 6. The van der Waals surface area contributed by atoms with Crippen LogP contribution in [0.15, 0.2) is 102 Å². The van der Waals surface area contributed by atoms with Crippen LogP contribution < -0.4 is 14.4 Å². The van der Waals surface area contributed by atoms with Gasteiger partial charge in [-0.15, -0.1) is 0 Å². The number of anilines is 2. The zero-order valence-electron chi connectivity index (χ0n) is 21.7. The largest absolute Gasteiger partial charge is 0.465 e. The Labute approximate surface area is 227 Å². The van der Waals surface area contributed by atoms with E-state index in [1.165, 1.54) is 25.3 Å². The van der Waals surface area contributed by atoms with Crippen molar-refractivity contribution in [2.75, 3.05) is 23.3 Å². The van der Waals surface area contributed by atoms with Gasteiger partial charge in [0.1, 0.15) is 18.0 Å². The molecule has 0 saturated carbocycles. The Morgan fingerprint density at radius 2 is 1.46 bits per heavy atom. The number of nitrogens with one attached hydrogen (secondary N) is 1. The molecule has 0 aliphatic carbocycles. The first-order valence-electron chi connectivity index (χ1n) is 12.1. The van der Waals surface area contributed by atoms with Gasteiger partial charge in [-0.25, -0.2) is 13.2 Å². The number of carbonyl (C=O) groups excluding carboxylic acids is 2. The number of benzene rings is 4. The van der Waals surface area contributed by atoms with E-state index < -0.39 is 28.4 Å². The summed E-state index contributed by atoms with van der Waals surface area (Å²) in [4.78, 5) is 25.2. The number of esters is 1. The summed E-state index contributed by atoms with van der Waals surface area (Å²) in [6.07, 6.45) is 0. The summed E-state index contributed by atoms with van der Waals surface area (Å²) in [5.41, 5.74) is 2.53. The molecule has 0 heterocycles. The van der Waals surface area contributed by atoms with E-state index in [1.807, 2.05) is 37.3 Å². The van der Waals surface area contributed by atoms with Gasteiger partial charge in [0.25, 0.3) is 10.0 Å². The van der Waals surface area contributed by atoms with Crippen molar-refractivity contribution in [3.05, 3.63) is 114 Å². The lowest BCUT2D eigenvalue weighted by molar-refractivity contribution is -0.114. The van der Waals surface area contributed by atoms with Crippen LogP contribution in [0, 0.1) is 13.8 Å². The number of rotatable bonds is 9. The Morgan fingerprint density at radius 3 is 2.10 bits per heavy atom. The van der Waals surface area contributed by atoms with E-state index in [4.69, 9.17) is 9.47 Å². The normalized spacial score (nSPS) is 10.9. The van der Waals surface area contributed by atoms with Gasteiger partial charge in [-0.05, 0) is 80.1 Å². The fourth-order valence-corrected chi connectivity index (χ4v) is 5.20. The van der Waals surface area contributed by atoms with Gasteiger partial charge in [-0.3, -0.25) is 9.10 Å². The molecule has 0 spiro atoms. The number of ether oxygens (including phenoxy) is 2. The highest BCUT2D eigenvalue weighted by atomic mass is 32.2. The molecule has 4 rings (SSSR count). The second-order valence-corrected chi connectivity index (χ2v) is 10.7. The molecule has 0 aliphatic rings. The van der Waals surface area contributed by atoms with Gasteiger partial charge in [0.15, 0.2) is 0 Å². The summed E-state index contributed by atoms with van der Waals surface area (Å²) in [6.45, 7) is 3.12. The Morgan fingerprint density at radius 1 is 0.821 bits per heavy atom. The zero-order chi connectivity index (χ0) is 28.0. The molecule has 0 saturated heterocycles. The van der Waals surface area contributed by atoms with Crippen LogP contribution in [0.25, 0.3) is 0 Å².